The van der Waals surface area contributed by atoms with E-state index in [0.717, 1.165) is 11.1 Å². The lowest BCUT2D eigenvalue weighted by molar-refractivity contribution is -0.0507. The summed E-state index contributed by atoms with van der Waals surface area (Å²) in [5, 5.41) is 0. The molecule has 16 heavy (non-hydrogen) atoms. The third kappa shape index (κ3) is 2.58. The van der Waals surface area contributed by atoms with Crippen molar-refractivity contribution in [3.05, 3.63) is 35.1 Å². The topological polar surface area (TPSA) is 44.5 Å². The number of aryl methyl sites for hydroxylation is 1. The van der Waals surface area contributed by atoms with Crippen molar-refractivity contribution in [2.45, 2.75) is 25.7 Å². The first kappa shape index (κ1) is 11.5. The van der Waals surface area contributed by atoms with Gasteiger partial charge in [0.1, 0.15) is 5.82 Å². The second-order valence-corrected chi connectivity index (χ2v) is 4.01. The molecular weight excluding hydrogens is 209 g/mol. The van der Waals surface area contributed by atoms with E-state index in [-0.39, 0.29) is 18.1 Å². The Morgan fingerprint density at radius 2 is 2.12 bits per heavy atom. The van der Waals surface area contributed by atoms with Crippen molar-refractivity contribution in [2.75, 3.05) is 13.2 Å². The van der Waals surface area contributed by atoms with Crippen LogP contribution < -0.4 is 5.73 Å². The van der Waals surface area contributed by atoms with Crippen molar-refractivity contribution in [1.29, 1.82) is 0 Å². The fourth-order valence-electron chi connectivity index (χ4n) is 1.93. The molecule has 1 saturated heterocycles. The number of halogens is 1. The van der Waals surface area contributed by atoms with Crippen molar-refractivity contribution >= 4 is 0 Å². The first-order valence-electron chi connectivity index (χ1n) is 5.41. The number of ether oxygens (including phenoxy) is 2. The predicted molar refractivity (Wildman–Crippen MR) is 58.4 cm³/mol. The summed E-state index contributed by atoms with van der Waals surface area (Å²) in [6.45, 7) is 3.11. The first-order valence-corrected chi connectivity index (χ1v) is 5.41. The molecule has 1 aliphatic rings. The Balaban J connectivity index is 2.04. The third-order valence-corrected chi connectivity index (χ3v) is 2.77. The monoisotopic (exact) mass is 225 g/mol. The highest BCUT2D eigenvalue weighted by Crippen LogP contribution is 2.23. The average molecular weight is 225 g/mol. The van der Waals surface area contributed by atoms with Gasteiger partial charge in [-0.15, -0.1) is 0 Å². The Morgan fingerprint density at radius 3 is 2.75 bits per heavy atom. The Bertz CT molecular complexity index is 364. The van der Waals surface area contributed by atoms with Crippen LogP contribution in [0, 0.1) is 12.7 Å². The van der Waals surface area contributed by atoms with Gasteiger partial charge in [-0.2, -0.15) is 0 Å². The fourth-order valence-corrected chi connectivity index (χ4v) is 1.93. The van der Waals surface area contributed by atoms with Crippen LogP contribution in [0.1, 0.15) is 23.6 Å². The molecule has 4 heteroatoms. The van der Waals surface area contributed by atoms with Gasteiger partial charge in [0, 0.05) is 12.5 Å². The summed E-state index contributed by atoms with van der Waals surface area (Å²) in [5.41, 5.74) is 7.85. The van der Waals surface area contributed by atoms with E-state index in [2.05, 4.69) is 0 Å². The Morgan fingerprint density at radius 1 is 1.44 bits per heavy atom. The van der Waals surface area contributed by atoms with E-state index in [9.17, 15) is 4.39 Å². The van der Waals surface area contributed by atoms with Gasteiger partial charge in [0.15, 0.2) is 6.29 Å². The molecule has 0 radical (unpaired) electrons. The quantitative estimate of drug-likeness (QED) is 0.854. The predicted octanol–water partition coefficient (Wildman–Crippen LogP) is 1.90. The standard InChI is InChI=1S/C12H16FNO2/c1-8-6-9(13)2-3-10(8)11(14)7-12-15-4-5-16-12/h2-3,6,11-12H,4-5,7,14H2,1H3. The number of rotatable bonds is 3. The van der Waals surface area contributed by atoms with Gasteiger partial charge < -0.3 is 15.2 Å². The van der Waals surface area contributed by atoms with Crippen molar-refractivity contribution in [2.24, 2.45) is 5.73 Å². The van der Waals surface area contributed by atoms with Crippen molar-refractivity contribution < 1.29 is 13.9 Å². The molecule has 2 N–H and O–H groups in total. The molecule has 1 aliphatic heterocycles. The van der Waals surface area contributed by atoms with Gasteiger partial charge in [-0.25, -0.2) is 4.39 Å². The highest BCUT2D eigenvalue weighted by molar-refractivity contribution is 5.29. The van der Waals surface area contributed by atoms with Crippen LogP contribution in [0.4, 0.5) is 4.39 Å². The zero-order valence-corrected chi connectivity index (χ0v) is 9.28. The second kappa shape index (κ2) is 4.91. The molecule has 1 fully saturated rings. The molecule has 3 nitrogen and oxygen atoms in total. The summed E-state index contributed by atoms with van der Waals surface area (Å²) < 4.78 is 23.6. The zero-order valence-electron chi connectivity index (χ0n) is 9.28. The van der Waals surface area contributed by atoms with Crippen molar-refractivity contribution in [3.8, 4) is 0 Å². The van der Waals surface area contributed by atoms with Crippen molar-refractivity contribution in [3.63, 3.8) is 0 Å². The largest absolute Gasteiger partial charge is 0.350 e. The molecular formula is C12H16FNO2. The summed E-state index contributed by atoms with van der Waals surface area (Å²) >= 11 is 0. The lowest BCUT2D eigenvalue weighted by Crippen LogP contribution is -2.20. The van der Waals surface area contributed by atoms with Crippen LogP contribution in [-0.2, 0) is 9.47 Å². The van der Waals surface area contributed by atoms with Gasteiger partial charge in [0.05, 0.1) is 13.2 Å². The van der Waals surface area contributed by atoms with Crippen LogP contribution in [0.3, 0.4) is 0 Å². The SMILES string of the molecule is Cc1cc(F)ccc1C(N)CC1OCCO1. The molecule has 0 bridgehead atoms. The molecule has 0 aliphatic carbocycles. The highest BCUT2D eigenvalue weighted by atomic mass is 19.1. The average Bonchev–Trinajstić information content (AvgIpc) is 2.70. The Kier molecular flexibility index (Phi) is 3.53. The summed E-state index contributed by atoms with van der Waals surface area (Å²) in [5.74, 6) is -0.234. The molecule has 1 heterocycles. The molecule has 0 saturated carbocycles. The van der Waals surface area contributed by atoms with Crippen LogP contribution in [0.2, 0.25) is 0 Å². The summed E-state index contributed by atoms with van der Waals surface area (Å²) in [4.78, 5) is 0. The highest BCUT2D eigenvalue weighted by Gasteiger charge is 2.21. The van der Waals surface area contributed by atoms with E-state index in [1.54, 1.807) is 6.07 Å². The number of benzene rings is 1. The molecule has 0 spiro atoms. The maximum Gasteiger partial charge on any atom is 0.159 e. The third-order valence-electron chi connectivity index (χ3n) is 2.77. The van der Waals surface area contributed by atoms with Gasteiger partial charge in [-0.3, -0.25) is 0 Å². The Labute approximate surface area is 94.3 Å². The van der Waals surface area contributed by atoms with Gasteiger partial charge in [0.2, 0.25) is 0 Å². The second-order valence-electron chi connectivity index (χ2n) is 4.01. The molecule has 0 aromatic heterocycles. The van der Waals surface area contributed by atoms with E-state index in [1.165, 1.54) is 12.1 Å². The zero-order chi connectivity index (χ0) is 11.5. The summed E-state index contributed by atoms with van der Waals surface area (Å²) in [6, 6.07) is 4.47. The van der Waals surface area contributed by atoms with Gasteiger partial charge in [-0.1, -0.05) is 6.07 Å². The normalized spacial score (nSPS) is 18.9. The van der Waals surface area contributed by atoms with Gasteiger partial charge >= 0.3 is 0 Å². The fraction of sp³-hybridized carbons (Fsp3) is 0.500. The van der Waals surface area contributed by atoms with Gasteiger partial charge in [0.25, 0.3) is 0 Å². The smallest absolute Gasteiger partial charge is 0.159 e. The minimum absolute atomic E-state index is 0.177. The lowest BCUT2D eigenvalue weighted by atomic mass is 9.99. The molecule has 0 amide bonds. The number of hydrogen-bond acceptors (Lipinski definition) is 3. The van der Waals surface area contributed by atoms with Crippen LogP contribution in [0.5, 0.6) is 0 Å². The number of hydrogen-bond donors (Lipinski definition) is 1. The molecule has 1 aromatic carbocycles. The molecule has 1 aromatic rings. The van der Waals surface area contributed by atoms with Crippen LogP contribution >= 0.6 is 0 Å². The van der Waals surface area contributed by atoms with Crippen molar-refractivity contribution in [1.82, 2.24) is 0 Å². The minimum atomic E-state index is -0.234. The molecule has 88 valence electrons. The minimum Gasteiger partial charge on any atom is -0.350 e. The van der Waals surface area contributed by atoms with Crippen LogP contribution in [-0.4, -0.2) is 19.5 Å². The maximum absolute atomic E-state index is 12.9. The van der Waals surface area contributed by atoms with Crippen LogP contribution in [0.15, 0.2) is 18.2 Å². The molecule has 2 rings (SSSR count). The molecule has 1 atom stereocenters. The van der Waals surface area contributed by atoms with Gasteiger partial charge in [-0.05, 0) is 30.2 Å². The summed E-state index contributed by atoms with van der Waals surface area (Å²) in [6.07, 6.45) is 0.381. The van der Waals surface area contributed by atoms with Crippen LogP contribution in [0.25, 0.3) is 0 Å². The Hall–Kier alpha value is -0.970. The maximum atomic E-state index is 12.9. The van der Waals surface area contributed by atoms with E-state index in [4.69, 9.17) is 15.2 Å². The first-order chi connectivity index (χ1) is 7.66. The lowest BCUT2D eigenvalue weighted by Gasteiger charge is -2.17. The number of nitrogens with two attached hydrogens (primary N) is 1. The molecule has 1 unspecified atom stereocenters. The van der Waals surface area contributed by atoms with E-state index >= 15 is 0 Å². The van der Waals surface area contributed by atoms with E-state index < -0.39 is 0 Å². The van der Waals surface area contributed by atoms with E-state index in [0.29, 0.717) is 19.6 Å². The van der Waals surface area contributed by atoms with E-state index in [1.807, 2.05) is 6.92 Å². The summed E-state index contributed by atoms with van der Waals surface area (Å²) in [7, 11) is 0.